The number of hydrogen-bond acceptors (Lipinski definition) is 5. The number of benzene rings is 1. The first-order valence-electron chi connectivity index (χ1n) is 5.81. The molecule has 0 bridgehead atoms. The van der Waals surface area contributed by atoms with E-state index in [0.717, 1.165) is 11.4 Å². The van der Waals surface area contributed by atoms with Crippen LogP contribution in [0.25, 0.3) is 0 Å². The summed E-state index contributed by atoms with van der Waals surface area (Å²) in [6.07, 6.45) is 0. The van der Waals surface area contributed by atoms with Gasteiger partial charge in [0, 0.05) is 6.07 Å². The summed E-state index contributed by atoms with van der Waals surface area (Å²) >= 11 is 6.00. The van der Waals surface area contributed by atoms with E-state index in [1.165, 1.54) is 7.11 Å². The third-order valence-electron chi connectivity index (χ3n) is 2.69. The highest BCUT2D eigenvalue weighted by molar-refractivity contribution is 6.30. The number of rotatable bonds is 3. The van der Waals surface area contributed by atoms with Gasteiger partial charge in [0.1, 0.15) is 11.5 Å². The van der Waals surface area contributed by atoms with Crippen molar-refractivity contribution in [1.29, 1.82) is 5.26 Å². The van der Waals surface area contributed by atoms with Gasteiger partial charge in [-0.3, -0.25) is 0 Å². The second-order valence-electron chi connectivity index (χ2n) is 4.10. The topological polar surface area (TPSA) is 68.0 Å². The molecular weight excluding hydrogens is 278 g/mol. The minimum Gasteiger partial charge on any atom is -0.497 e. The van der Waals surface area contributed by atoms with E-state index in [-0.39, 0.29) is 11.0 Å². The van der Waals surface area contributed by atoms with E-state index in [4.69, 9.17) is 26.3 Å². The molecular formula is C14H12ClN3O2. The molecule has 0 spiro atoms. The van der Waals surface area contributed by atoms with Gasteiger partial charge in [-0.15, -0.1) is 0 Å². The zero-order valence-electron chi connectivity index (χ0n) is 11.3. The van der Waals surface area contributed by atoms with E-state index in [2.05, 4.69) is 9.97 Å². The molecule has 1 aromatic heterocycles. The number of aromatic nitrogens is 2. The van der Waals surface area contributed by atoms with Crippen LogP contribution in [0.3, 0.4) is 0 Å². The Bertz CT molecular complexity index is 696. The van der Waals surface area contributed by atoms with Crippen LogP contribution >= 0.6 is 11.6 Å². The maximum atomic E-state index is 8.97. The van der Waals surface area contributed by atoms with Crippen molar-refractivity contribution in [2.24, 2.45) is 0 Å². The summed E-state index contributed by atoms with van der Waals surface area (Å²) < 4.78 is 10.7. The first-order chi connectivity index (χ1) is 9.53. The maximum Gasteiger partial charge on any atom is 0.257 e. The zero-order valence-corrected chi connectivity index (χ0v) is 12.0. The normalized spacial score (nSPS) is 9.95. The fraction of sp³-hybridized carbons (Fsp3) is 0.214. The highest BCUT2D eigenvalue weighted by Crippen LogP contribution is 2.30. The van der Waals surface area contributed by atoms with Gasteiger partial charge in [0.25, 0.3) is 5.88 Å². The summed E-state index contributed by atoms with van der Waals surface area (Å²) in [5, 5.41) is 9.14. The Morgan fingerprint density at radius 1 is 1.10 bits per heavy atom. The molecule has 0 saturated heterocycles. The van der Waals surface area contributed by atoms with Crippen LogP contribution in [0.1, 0.15) is 17.0 Å². The third-order valence-corrected chi connectivity index (χ3v) is 2.94. The molecule has 0 fully saturated rings. The molecule has 0 saturated carbocycles. The summed E-state index contributed by atoms with van der Waals surface area (Å²) in [7, 11) is 1.52. The molecule has 0 aliphatic carbocycles. The second kappa shape index (κ2) is 5.76. The Morgan fingerprint density at radius 3 is 2.40 bits per heavy atom. The van der Waals surface area contributed by atoms with Gasteiger partial charge in [-0.2, -0.15) is 5.26 Å². The maximum absolute atomic E-state index is 8.97. The van der Waals surface area contributed by atoms with E-state index in [0.29, 0.717) is 17.1 Å². The minimum absolute atomic E-state index is 0.175. The largest absolute Gasteiger partial charge is 0.497 e. The summed E-state index contributed by atoms with van der Waals surface area (Å²) in [5.74, 6) is 1.14. The summed E-state index contributed by atoms with van der Waals surface area (Å²) in [5.41, 5.74) is 1.89. The van der Waals surface area contributed by atoms with Gasteiger partial charge >= 0.3 is 0 Å². The SMILES string of the molecule is COc1cc(C#N)cc(Oc2nc(C)c(C)nc2Cl)c1. The lowest BCUT2D eigenvalue weighted by Crippen LogP contribution is -1.98. The first-order valence-corrected chi connectivity index (χ1v) is 6.19. The van der Waals surface area contributed by atoms with Crippen molar-refractivity contribution >= 4 is 11.6 Å². The Morgan fingerprint density at radius 2 is 1.75 bits per heavy atom. The fourth-order valence-corrected chi connectivity index (χ4v) is 1.75. The van der Waals surface area contributed by atoms with Crippen LogP contribution < -0.4 is 9.47 Å². The predicted molar refractivity (Wildman–Crippen MR) is 74.3 cm³/mol. The van der Waals surface area contributed by atoms with Crippen molar-refractivity contribution in [3.05, 3.63) is 40.3 Å². The highest BCUT2D eigenvalue weighted by Gasteiger charge is 2.11. The van der Waals surface area contributed by atoms with Gasteiger partial charge in [0.2, 0.25) is 0 Å². The lowest BCUT2D eigenvalue weighted by molar-refractivity contribution is 0.406. The van der Waals surface area contributed by atoms with E-state index in [1.54, 1.807) is 18.2 Å². The molecule has 102 valence electrons. The molecule has 1 aromatic carbocycles. The quantitative estimate of drug-likeness (QED) is 0.866. The van der Waals surface area contributed by atoms with E-state index >= 15 is 0 Å². The molecule has 0 atom stereocenters. The van der Waals surface area contributed by atoms with E-state index < -0.39 is 0 Å². The average Bonchev–Trinajstić information content (AvgIpc) is 2.44. The zero-order chi connectivity index (χ0) is 14.7. The molecule has 5 nitrogen and oxygen atoms in total. The smallest absolute Gasteiger partial charge is 0.257 e. The summed E-state index contributed by atoms with van der Waals surface area (Å²) in [4.78, 5) is 8.37. The Kier molecular flexibility index (Phi) is 4.06. The van der Waals surface area contributed by atoms with E-state index in [9.17, 15) is 0 Å². The van der Waals surface area contributed by atoms with Crippen LogP contribution in [0.15, 0.2) is 18.2 Å². The number of nitrogens with zero attached hydrogens (tertiary/aromatic N) is 3. The lowest BCUT2D eigenvalue weighted by Gasteiger charge is -2.09. The average molecular weight is 290 g/mol. The van der Waals surface area contributed by atoms with Gasteiger partial charge < -0.3 is 9.47 Å². The van der Waals surface area contributed by atoms with Crippen LogP contribution in [0.2, 0.25) is 5.15 Å². The van der Waals surface area contributed by atoms with Crippen LogP contribution in [0.5, 0.6) is 17.4 Å². The highest BCUT2D eigenvalue weighted by atomic mass is 35.5. The van der Waals surface area contributed by atoms with Crippen molar-refractivity contribution in [2.45, 2.75) is 13.8 Å². The van der Waals surface area contributed by atoms with Crippen LogP contribution in [0.4, 0.5) is 0 Å². The first kappa shape index (κ1) is 14.1. The van der Waals surface area contributed by atoms with Crippen molar-refractivity contribution in [3.8, 4) is 23.4 Å². The molecule has 0 N–H and O–H groups in total. The van der Waals surface area contributed by atoms with Crippen LogP contribution in [0, 0.1) is 25.2 Å². The molecule has 2 rings (SSSR count). The summed E-state index contributed by atoms with van der Waals surface area (Å²) in [6.45, 7) is 3.63. The lowest BCUT2D eigenvalue weighted by atomic mass is 10.2. The number of hydrogen-bond donors (Lipinski definition) is 0. The molecule has 0 amide bonds. The van der Waals surface area contributed by atoms with Gasteiger partial charge in [-0.05, 0) is 26.0 Å². The van der Waals surface area contributed by atoms with Gasteiger partial charge in [-0.1, -0.05) is 11.6 Å². The number of nitriles is 1. The van der Waals surface area contributed by atoms with Crippen molar-refractivity contribution in [2.75, 3.05) is 7.11 Å². The molecule has 6 heteroatoms. The predicted octanol–water partition coefficient (Wildman–Crippen LogP) is 3.42. The molecule has 20 heavy (non-hydrogen) atoms. The van der Waals surface area contributed by atoms with Crippen LogP contribution in [-0.4, -0.2) is 17.1 Å². The number of methoxy groups -OCH3 is 1. The van der Waals surface area contributed by atoms with Gasteiger partial charge in [0.15, 0.2) is 5.15 Å². The molecule has 0 aliphatic heterocycles. The number of ether oxygens (including phenoxy) is 2. The summed E-state index contributed by atoms with van der Waals surface area (Å²) in [6, 6.07) is 6.87. The van der Waals surface area contributed by atoms with Crippen LogP contribution in [-0.2, 0) is 0 Å². The molecule has 0 radical (unpaired) electrons. The fourth-order valence-electron chi connectivity index (χ4n) is 1.54. The molecule has 1 heterocycles. The van der Waals surface area contributed by atoms with E-state index in [1.807, 2.05) is 19.9 Å². The van der Waals surface area contributed by atoms with Crippen molar-refractivity contribution in [3.63, 3.8) is 0 Å². The standard InChI is InChI=1S/C14H12ClN3O2/c1-8-9(2)18-14(13(15)17-8)20-12-5-10(7-16)4-11(6-12)19-3/h4-6H,1-3H3. The number of aryl methyl sites for hydroxylation is 2. The minimum atomic E-state index is 0.175. The van der Waals surface area contributed by atoms with Gasteiger partial charge in [0.05, 0.1) is 30.1 Å². The Hall–Kier alpha value is -2.32. The number of halogens is 1. The van der Waals surface area contributed by atoms with Crippen molar-refractivity contribution < 1.29 is 9.47 Å². The van der Waals surface area contributed by atoms with Gasteiger partial charge in [-0.25, -0.2) is 9.97 Å². The van der Waals surface area contributed by atoms with Crippen molar-refractivity contribution in [1.82, 2.24) is 9.97 Å². The molecule has 0 aliphatic rings. The molecule has 2 aromatic rings. The molecule has 0 unspecified atom stereocenters. The second-order valence-corrected chi connectivity index (χ2v) is 4.46. The Labute approximate surface area is 121 Å². The monoisotopic (exact) mass is 289 g/mol. The Balaban J connectivity index is 2.40. The third kappa shape index (κ3) is 2.98.